The summed E-state index contributed by atoms with van der Waals surface area (Å²) in [6.45, 7) is 0. The number of nitro benzene ring substituents is 1. The highest BCUT2D eigenvalue weighted by molar-refractivity contribution is 5.77. The number of carbonyl (C=O) groups excluding carboxylic acids is 1. The van der Waals surface area contributed by atoms with E-state index < -0.39 is 4.92 Å². The molecule has 0 saturated heterocycles. The number of nitro groups is 1. The van der Waals surface area contributed by atoms with Gasteiger partial charge in [0.05, 0.1) is 18.0 Å². The number of non-ortho nitro benzene ring substituents is 1. The van der Waals surface area contributed by atoms with Crippen LogP contribution in [-0.4, -0.2) is 18.0 Å². The van der Waals surface area contributed by atoms with Gasteiger partial charge in [-0.3, -0.25) is 14.9 Å². The summed E-state index contributed by atoms with van der Waals surface area (Å²) in [4.78, 5) is 21.2. The van der Waals surface area contributed by atoms with E-state index in [1.54, 1.807) is 12.1 Å². The molecule has 0 spiro atoms. The van der Waals surface area contributed by atoms with Crippen molar-refractivity contribution in [3.8, 4) is 0 Å². The minimum atomic E-state index is -0.436. The van der Waals surface area contributed by atoms with Gasteiger partial charge in [0.2, 0.25) is 0 Å². The van der Waals surface area contributed by atoms with E-state index in [4.69, 9.17) is 0 Å². The van der Waals surface area contributed by atoms with Crippen LogP contribution in [0.2, 0.25) is 0 Å². The van der Waals surface area contributed by atoms with Gasteiger partial charge in [0, 0.05) is 12.1 Å². The van der Waals surface area contributed by atoms with Gasteiger partial charge in [-0.05, 0) is 17.9 Å². The van der Waals surface area contributed by atoms with Gasteiger partial charge in [-0.2, -0.15) is 0 Å². The van der Waals surface area contributed by atoms with Crippen LogP contribution in [0, 0.1) is 16.0 Å². The summed E-state index contributed by atoms with van der Waals surface area (Å²) >= 11 is 0. The molecule has 1 aliphatic rings. The monoisotopic (exact) mass is 221 g/mol. The lowest BCUT2D eigenvalue weighted by Crippen LogP contribution is -2.03. The molecule has 0 radical (unpaired) electrons. The first-order valence-electron chi connectivity index (χ1n) is 4.95. The molecule has 0 heterocycles. The molecule has 0 bridgehead atoms. The van der Waals surface area contributed by atoms with Crippen molar-refractivity contribution in [2.24, 2.45) is 5.92 Å². The molecule has 1 aliphatic carbocycles. The fraction of sp³-hybridized carbons (Fsp3) is 0.364. The highest BCUT2D eigenvalue weighted by Gasteiger charge is 2.44. The third-order valence-corrected chi connectivity index (χ3v) is 2.83. The highest BCUT2D eigenvalue weighted by Crippen LogP contribution is 2.48. The van der Waals surface area contributed by atoms with Gasteiger partial charge in [0.15, 0.2) is 0 Å². The van der Waals surface area contributed by atoms with Crippen molar-refractivity contribution in [2.45, 2.75) is 12.3 Å². The summed E-state index contributed by atoms with van der Waals surface area (Å²) in [5.41, 5.74) is 1.03. The Labute approximate surface area is 92.2 Å². The molecule has 0 aliphatic heterocycles. The number of carbonyl (C=O) groups is 1. The summed E-state index contributed by atoms with van der Waals surface area (Å²) < 4.78 is 4.64. The van der Waals surface area contributed by atoms with E-state index in [1.165, 1.54) is 19.2 Å². The number of nitrogens with zero attached hydrogens (tertiary/aromatic N) is 1. The molecule has 2 rings (SSSR count). The number of hydrogen-bond acceptors (Lipinski definition) is 4. The van der Waals surface area contributed by atoms with E-state index in [-0.39, 0.29) is 23.5 Å². The zero-order chi connectivity index (χ0) is 11.7. The second kappa shape index (κ2) is 3.92. The van der Waals surface area contributed by atoms with Crippen molar-refractivity contribution in [2.75, 3.05) is 7.11 Å². The van der Waals surface area contributed by atoms with Crippen molar-refractivity contribution < 1.29 is 14.5 Å². The van der Waals surface area contributed by atoms with Crippen LogP contribution in [-0.2, 0) is 9.53 Å². The fourth-order valence-electron chi connectivity index (χ4n) is 1.82. The third-order valence-electron chi connectivity index (χ3n) is 2.83. The molecule has 5 nitrogen and oxygen atoms in total. The van der Waals surface area contributed by atoms with Gasteiger partial charge in [0.1, 0.15) is 0 Å². The van der Waals surface area contributed by atoms with Crippen LogP contribution < -0.4 is 0 Å². The molecule has 0 amide bonds. The van der Waals surface area contributed by atoms with E-state index in [0.717, 1.165) is 12.0 Å². The molecule has 1 saturated carbocycles. The van der Waals surface area contributed by atoms with Crippen LogP contribution in [0.15, 0.2) is 24.3 Å². The molecule has 84 valence electrons. The van der Waals surface area contributed by atoms with Crippen LogP contribution in [0.5, 0.6) is 0 Å². The predicted octanol–water partition coefficient (Wildman–Crippen LogP) is 1.87. The maximum absolute atomic E-state index is 11.2. The maximum atomic E-state index is 11.2. The van der Waals surface area contributed by atoms with E-state index in [9.17, 15) is 14.9 Å². The Kier molecular flexibility index (Phi) is 2.60. The third kappa shape index (κ3) is 1.88. The van der Waals surface area contributed by atoms with Gasteiger partial charge >= 0.3 is 5.97 Å². The van der Waals surface area contributed by atoms with Gasteiger partial charge in [-0.15, -0.1) is 0 Å². The summed E-state index contributed by atoms with van der Waals surface area (Å²) in [6.07, 6.45) is 0.768. The van der Waals surface area contributed by atoms with Crippen molar-refractivity contribution in [3.63, 3.8) is 0 Å². The Hall–Kier alpha value is -1.91. The maximum Gasteiger partial charge on any atom is 0.309 e. The number of methoxy groups -OCH3 is 1. The van der Waals surface area contributed by atoms with Crippen LogP contribution >= 0.6 is 0 Å². The molecule has 0 aromatic heterocycles. The lowest BCUT2D eigenvalue weighted by Gasteiger charge is -1.99. The quantitative estimate of drug-likeness (QED) is 0.444. The van der Waals surface area contributed by atoms with Gasteiger partial charge < -0.3 is 4.74 Å². The van der Waals surface area contributed by atoms with Crippen LogP contribution in [0.4, 0.5) is 5.69 Å². The van der Waals surface area contributed by atoms with Gasteiger partial charge in [-0.25, -0.2) is 0 Å². The van der Waals surface area contributed by atoms with E-state index in [0.29, 0.717) is 0 Å². The number of hydrogen-bond donors (Lipinski definition) is 0. The average Bonchev–Trinajstić information content (AvgIpc) is 3.08. The van der Waals surface area contributed by atoms with Crippen molar-refractivity contribution in [1.82, 2.24) is 0 Å². The number of benzene rings is 1. The lowest BCUT2D eigenvalue weighted by molar-refractivity contribution is -0.384. The van der Waals surface area contributed by atoms with Gasteiger partial charge in [-0.1, -0.05) is 12.1 Å². The molecule has 0 N–H and O–H groups in total. The second-order valence-corrected chi connectivity index (χ2v) is 3.82. The number of esters is 1. The largest absolute Gasteiger partial charge is 0.469 e. The minimum Gasteiger partial charge on any atom is -0.469 e. The second-order valence-electron chi connectivity index (χ2n) is 3.82. The van der Waals surface area contributed by atoms with Crippen LogP contribution in [0.3, 0.4) is 0 Å². The number of ether oxygens (including phenoxy) is 1. The summed E-state index contributed by atoms with van der Waals surface area (Å²) in [5, 5.41) is 10.4. The zero-order valence-corrected chi connectivity index (χ0v) is 8.75. The topological polar surface area (TPSA) is 69.4 Å². The summed E-state index contributed by atoms with van der Waals surface area (Å²) in [7, 11) is 1.37. The standard InChI is InChI=1S/C11H11NO4/c1-16-11(13)10-6-9(10)7-2-4-8(5-3-7)12(14)15/h2-5,9-10H,6H2,1H3. The molecular weight excluding hydrogens is 210 g/mol. The van der Waals surface area contributed by atoms with E-state index in [2.05, 4.69) is 4.74 Å². The summed E-state index contributed by atoms with van der Waals surface area (Å²) in [6, 6.07) is 6.32. The molecule has 5 heteroatoms. The molecule has 2 unspecified atom stereocenters. The van der Waals surface area contributed by atoms with Crippen LogP contribution in [0.25, 0.3) is 0 Å². The Morgan fingerprint density at radius 1 is 1.44 bits per heavy atom. The van der Waals surface area contributed by atoms with E-state index >= 15 is 0 Å². The predicted molar refractivity (Wildman–Crippen MR) is 56.0 cm³/mol. The zero-order valence-electron chi connectivity index (χ0n) is 8.75. The Bertz CT molecular complexity index is 426. The molecule has 1 aromatic rings. The molecule has 1 fully saturated rings. The Balaban J connectivity index is 2.07. The van der Waals surface area contributed by atoms with E-state index in [1.807, 2.05) is 0 Å². The normalized spacial score (nSPS) is 22.6. The molecular formula is C11H11NO4. The molecule has 2 atom stereocenters. The summed E-state index contributed by atoms with van der Waals surface area (Å²) in [5.74, 6) is -0.122. The average molecular weight is 221 g/mol. The lowest BCUT2D eigenvalue weighted by atomic mass is 10.1. The van der Waals surface area contributed by atoms with Crippen molar-refractivity contribution in [1.29, 1.82) is 0 Å². The van der Waals surface area contributed by atoms with Crippen molar-refractivity contribution in [3.05, 3.63) is 39.9 Å². The first kappa shape index (κ1) is 10.6. The van der Waals surface area contributed by atoms with Crippen LogP contribution in [0.1, 0.15) is 17.9 Å². The number of rotatable bonds is 3. The first-order valence-corrected chi connectivity index (χ1v) is 4.95. The highest BCUT2D eigenvalue weighted by atomic mass is 16.6. The SMILES string of the molecule is COC(=O)C1CC1c1ccc([N+](=O)[O-])cc1. The fourth-order valence-corrected chi connectivity index (χ4v) is 1.82. The van der Waals surface area contributed by atoms with Gasteiger partial charge in [0.25, 0.3) is 5.69 Å². The first-order chi connectivity index (χ1) is 7.63. The minimum absolute atomic E-state index is 0.0685. The molecule has 16 heavy (non-hydrogen) atoms. The molecule has 1 aromatic carbocycles. The van der Waals surface area contributed by atoms with Crippen molar-refractivity contribution >= 4 is 11.7 Å². The smallest absolute Gasteiger partial charge is 0.309 e. The Morgan fingerprint density at radius 3 is 2.56 bits per heavy atom. The Morgan fingerprint density at radius 2 is 2.06 bits per heavy atom.